The van der Waals surface area contributed by atoms with Crippen molar-refractivity contribution >= 4 is 33.4 Å². The number of carbonyl (C=O) groups is 2. The zero-order valence-electron chi connectivity index (χ0n) is 16.2. The van der Waals surface area contributed by atoms with Crippen molar-refractivity contribution in [3.05, 3.63) is 71.9 Å². The van der Waals surface area contributed by atoms with Gasteiger partial charge >= 0.3 is 0 Å². The van der Waals surface area contributed by atoms with Crippen molar-refractivity contribution in [2.45, 2.75) is 25.9 Å². The number of nitrogens with zero attached hydrogens (tertiary/aromatic N) is 1. The van der Waals surface area contributed by atoms with Crippen LogP contribution in [0.15, 0.2) is 66.4 Å². The third kappa shape index (κ3) is 4.15. The minimum absolute atomic E-state index is 0.0929. The normalized spacial score (nSPS) is 16.4. The molecule has 3 aromatic carbocycles. The van der Waals surface area contributed by atoms with Crippen LogP contribution in [0.5, 0.6) is 0 Å². The average Bonchev–Trinajstić information content (AvgIpc) is 3.11. The number of hydrogen-bond donors (Lipinski definition) is 2. The maximum Gasteiger partial charge on any atom is 0.274 e. The standard InChI is InChI=1S/C15H12O.C9H12N2O2/c16-10-14-7-3-6-13-8-11-4-1-2-5-12(11)9-15(13)14;12-8-6-7(9(13)10-8)11-4-2-1-3-5-11/h1-9,16H,10H2;6H,1-5H2,(H,10,12,13). The Bertz CT molecular complexity index is 1100. The molecule has 2 N–H and O–H groups in total. The molecule has 0 radical (unpaired) electrons. The number of aliphatic hydroxyl groups excluding tert-OH is 1. The first kappa shape index (κ1) is 19.2. The van der Waals surface area contributed by atoms with Crippen molar-refractivity contribution in [1.29, 1.82) is 0 Å². The molecule has 5 heteroatoms. The molecule has 0 unspecified atom stereocenters. The fourth-order valence-corrected chi connectivity index (χ4v) is 3.94. The van der Waals surface area contributed by atoms with Crippen LogP contribution in [-0.4, -0.2) is 34.9 Å². The van der Waals surface area contributed by atoms with Gasteiger partial charge in [-0.2, -0.15) is 0 Å². The van der Waals surface area contributed by atoms with Gasteiger partial charge in [0.15, 0.2) is 0 Å². The first-order chi connectivity index (χ1) is 14.2. The number of piperidine rings is 1. The Morgan fingerprint density at radius 3 is 2.21 bits per heavy atom. The van der Waals surface area contributed by atoms with Gasteiger partial charge in [-0.25, -0.2) is 0 Å². The van der Waals surface area contributed by atoms with E-state index in [0.717, 1.165) is 36.9 Å². The van der Waals surface area contributed by atoms with Gasteiger partial charge < -0.3 is 10.0 Å². The van der Waals surface area contributed by atoms with Gasteiger partial charge in [0.2, 0.25) is 0 Å². The number of hydrogen-bond acceptors (Lipinski definition) is 4. The Balaban J connectivity index is 0.000000145. The summed E-state index contributed by atoms with van der Waals surface area (Å²) in [6, 6.07) is 18.7. The number of likely N-dealkylation sites (tertiary alicyclic amines) is 1. The van der Waals surface area contributed by atoms with Crippen LogP contribution >= 0.6 is 0 Å². The van der Waals surface area contributed by atoms with Gasteiger partial charge in [0.1, 0.15) is 5.70 Å². The highest BCUT2D eigenvalue weighted by molar-refractivity contribution is 6.15. The van der Waals surface area contributed by atoms with E-state index in [2.05, 4.69) is 35.6 Å². The molecule has 1 fully saturated rings. The van der Waals surface area contributed by atoms with Crippen LogP contribution in [0.25, 0.3) is 21.5 Å². The molecule has 1 saturated heterocycles. The van der Waals surface area contributed by atoms with E-state index in [4.69, 9.17) is 0 Å². The predicted octanol–water partition coefficient (Wildman–Crippen LogP) is 3.50. The number of carbonyl (C=O) groups excluding carboxylic acids is 2. The first-order valence-electron chi connectivity index (χ1n) is 9.99. The van der Waals surface area contributed by atoms with Crippen molar-refractivity contribution in [3.63, 3.8) is 0 Å². The van der Waals surface area contributed by atoms with E-state index in [1.54, 1.807) is 0 Å². The number of benzene rings is 3. The number of fused-ring (bicyclic) bond motifs is 2. The van der Waals surface area contributed by atoms with Crippen LogP contribution in [0.3, 0.4) is 0 Å². The predicted molar refractivity (Wildman–Crippen MR) is 114 cm³/mol. The van der Waals surface area contributed by atoms with Gasteiger partial charge in [0.25, 0.3) is 11.8 Å². The summed E-state index contributed by atoms with van der Waals surface area (Å²) < 4.78 is 0. The molecule has 2 aliphatic heterocycles. The zero-order valence-corrected chi connectivity index (χ0v) is 16.2. The zero-order chi connectivity index (χ0) is 20.2. The molecule has 2 amide bonds. The Hall–Kier alpha value is -3.18. The molecule has 0 bridgehead atoms. The maximum absolute atomic E-state index is 11.2. The minimum atomic E-state index is -0.287. The van der Waals surface area contributed by atoms with Crippen molar-refractivity contribution < 1.29 is 14.7 Å². The monoisotopic (exact) mass is 388 g/mol. The molecule has 0 aliphatic carbocycles. The number of aliphatic hydroxyl groups is 1. The average molecular weight is 388 g/mol. The van der Waals surface area contributed by atoms with E-state index in [9.17, 15) is 14.7 Å². The fourth-order valence-electron chi connectivity index (χ4n) is 3.94. The number of amides is 2. The highest BCUT2D eigenvalue weighted by Crippen LogP contribution is 2.25. The van der Waals surface area contributed by atoms with E-state index in [1.807, 2.05) is 29.2 Å². The molecule has 0 saturated carbocycles. The second-order valence-electron chi connectivity index (χ2n) is 7.39. The summed E-state index contributed by atoms with van der Waals surface area (Å²) in [6.45, 7) is 1.88. The summed E-state index contributed by atoms with van der Waals surface area (Å²) in [7, 11) is 0. The summed E-state index contributed by atoms with van der Waals surface area (Å²) in [6.07, 6.45) is 4.84. The summed E-state index contributed by atoms with van der Waals surface area (Å²) in [4.78, 5) is 24.1. The smallest absolute Gasteiger partial charge is 0.274 e. The Morgan fingerprint density at radius 1 is 0.862 bits per heavy atom. The number of nitrogens with one attached hydrogen (secondary N) is 1. The fraction of sp³-hybridized carbons (Fsp3) is 0.250. The molecule has 148 valence electrons. The summed E-state index contributed by atoms with van der Waals surface area (Å²) in [5, 5.41) is 16.3. The molecule has 2 heterocycles. The van der Waals surface area contributed by atoms with Gasteiger partial charge in [-0.1, -0.05) is 42.5 Å². The van der Waals surface area contributed by atoms with Crippen LogP contribution in [-0.2, 0) is 16.2 Å². The molecular weight excluding hydrogens is 364 g/mol. The lowest BCUT2D eigenvalue weighted by molar-refractivity contribution is -0.124. The van der Waals surface area contributed by atoms with Crippen LogP contribution in [0.4, 0.5) is 0 Å². The quantitative estimate of drug-likeness (QED) is 0.521. The first-order valence-corrected chi connectivity index (χ1v) is 9.99. The molecule has 3 aromatic rings. The van der Waals surface area contributed by atoms with Crippen molar-refractivity contribution in [1.82, 2.24) is 10.2 Å². The molecule has 0 spiro atoms. The van der Waals surface area contributed by atoms with Crippen LogP contribution in [0.1, 0.15) is 24.8 Å². The maximum atomic E-state index is 11.2. The third-order valence-electron chi connectivity index (χ3n) is 5.44. The largest absolute Gasteiger partial charge is 0.392 e. The second kappa shape index (κ2) is 8.45. The molecule has 5 nitrogen and oxygen atoms in total. The van der Waals surface area contributed by atoms with Crippen molar-refractivity contribution in [3.8, 4) is 0 Å². The lowest BCUT2D eigenvalue weighted by Crippen LogP contribution is -2.34. The lowest BCUT2D eigenvalue weighted by atomic mass is 10.0. The molecule has 29 heavy (non-hydrogen) atoms. The number of rotatable bonds is 2. The van der Waals surface area contributed by atoms with E-state index < -0.39 is 0 Å². The van der Waals surface area contributed by atoms with Crippen LogP contribution < -0.4 is 5.32 Å². The molecule has 2 aliphatic rings. The van der Waals surface area contributed by atoms with E-state index in [0.29, 0.717) is 5.70 Å². The topological polar surface area (TPSA) is 69.6 Å². The lowest BCUT2D eigenvalue weighted by Gasteiger charge is -2.28. The van der Waals surface area contributed by atoms with Gasteiger partial charge in [0.05, 0.1) is 6.61 Å². The van der Waals surface area contributed by atoms with E-state index >= 15 is 0 Å². The summed E-state index contributed by atoms with van der Waals surface area (Å²) in [5.41, 5.74) is 1.54. The van der Waals surface area contributed by atoms with Crippen LogP contribution in [0.2, 0.25) is 0 Å². The van der Waals surface area contributed by atoms with E-state index in [-0.39, 0.29) is 18.4 Å². The van der Waals surface area contributed by atoms with Crippen molar-refractivity contribution in [2.75, 3.05) is 13.1 Å². The number of imide groups is 1. The van der Waals surface area contributed by atoms with Gasteiger partial charge in [-0.15, -0.1) is 0 Å². The van der Waals surface area contributed by atoms with Gasteiger partial charge in [0, 0.05) is 19.2 Å². The molecule has 5 rings (SSSR count). The van der Waals surface area contributed by atoms with Crippen LogP contribution in [0, 0.1) is 0 Å². The highest BCUT2D eigenvalue weighted by Gasteiger charge is 2.26. The summed E-state index contributed by atoms with van der Waals surface area (Å²) >= 11 is 0. The Labute approximate surface area is 169 Å². The highest BCUT2D eigenvalue weighted by atomic mass is 16.3. The van der Waals surface area contributed by atoms with Gasteiger partial charge in [-0.05, 0) is 58.5 Å². The van der Waals surface area contributed by atoms with Gasteiger partial charge in [-0.3, -0.25) is 14.9 Å². The summed E-state index contributed by atoms with van der Waals surface area (Å²) in [5.74, 6) is -0.530. The molecular formula is C24H24N2O3. The third-order valence-corrected chi connectivity index (χ3v) is 5.44. The molecule has 0 atom stereocenters. The Kier molecular flexibility index (Phi) is 5.58. The molecule has 0 aromatic heterocycles. The second-order valence-corrected chi connectivity index (χ2v) is 7.39. The van der Waals surface area contributed by atoms with E-state index in [1.165, 1.54) is 28.7 Å². The Morgan fingerprint density at radius 2 is 1.55 bits per heavy atom. The van der Waals surface area contributed by atoms with Crippen molar-refractivity contribution in [2.24, 2.45) is 0 Å². The SMILES string of the molecule is O=C1C=C(N2CCCCC2)C(=O)N1.OCc1cccc2cc3ccccc3cc12. The minimum Gasteiger partial charge on any atom is -0.392 e.